The van der Waals surface area contributed by atoms with Gasteiger partial charge in [0.2, 0.25) is 5.91 Å². The summed E-state index contributed by atoms with van der Waals surface area (Å²) in [7, 11) is 0. The number of amides is 2. The number of ether oxygens (including phenoxy) is 1. The van der Waals surface area contributed by atoms with E-state index in [2.05, 4.69) is 26.6 Å². The van der Waals surface area contributed by atoms with E-state index in [1.54, 1.807) is 0 Å². The lowest BCUT2D eigenvalue weighted by molar-refractivity contribution is -0.117. The molecule has 1 fully saturated rings. The summed E-state index contributed by atoms with van der Waals surface area (Å²) in [5, 5.41) is 6.20. The summed E-state index contributed by atoms with van der Waals surface area (Å²) < 4.78 is 5.35. The summed E-state index contributed by atoms with van der Waals surface area (Å²) in [6.07, 6.45) is 2.37. The van der Waals surface area contributed by atoms with Crippen LogP contribution in [0, 0.1) is 0 Å². The van der Waals surface area contributed by atoms with E-state index in [1.165, 1.54) is 5.56 Å². The van der Waals surface area contributed by atoms with Crippen molar-refractivity contribution in [3.05, 3.63) is 29.8 Å². The number of para-hydroxylation sites is 1. The lowest BCUT2D eigenvalue weighted by Gasteiger charge is -2.29. The van der Waals surface area contributed by atoms with E-state index in [9.17, 15) is 9.59 Å². The standard InChI is InChI=1S/C23H35N5O3.HI/c1-5-24-21(27-14-12-18(16-27)26-22(30)31-23(2,3)4)25-15-20(29)28-13-8-10-17-9-6-7-11-19(17)28;/h6-7,9,11,18H,5,8,10,12-16H2,1-4H3,(H,24,25)(H,26,30);1H. The van der Waals surface area contributed by atoms with Gasteiger partial charge in [0.1, 0.15) is 12.1 Å². The molecule has 1 aromatic carbocycles. The molecule has 0 radical (unpaired) electrons. The third-order valence-electron chi connectivity index (χ3n) is 5.32. The number of rotatable bonds is 4. The van der Waals surface area contributed by atoms with Crippen molar-refractivity contribution < 1.29 is 14.3 Å². The number of hydrogen-bond donors (Lipinski definition) is 2. The molecular formula is C23H36IN5O3. The highest BCUT2D eigenvalue weighted by atomic mass is 127. The van der Waals surface area contributed by atoms with Gasteiger partial charge in [-0.25, -0.2) is 9.79 Å². The topological polar surface area (TPSA) is 86.3 Å². The molecule has 0 bridgehead atoms. The molecule has 2 aliphatic heterocycles. The van der Waals surface area contributed by atoms with Gasteiger partial charge in [0.25, 0.3) is 0 Å². The number of guanidine groups is 1. The van der Waals surface area contributed by atoms with Crippen LogP contribution in [0.2, 0.25) is 0 Å². The maximum Gasteiger partial charge on any atom is 0.407 e. The van der Waals surface area contributed by atoms with Gasteiger partial charge in [-0.15, -0.1) is 24.0 Å². The third-order valence-corrected chi connectivity index (χ3v) is 5.32. The molecular weight excluding hydrogens is 521 g/mol. The van der Waals surface area contributed by atoms with Crippen LogP contribution >= 0.6 is 24.0 Å². The minimum Gasteiger partial charge on any atom is -0.444 e. The largest absolute Gasteiger partial charge is 0.444 e. The molecule has 2 aliphatic rings. The summed E-state index contributed by atoms with van der Waals surface area (Å²) in [6, 6.07) is 8.07. The number of benzene rings is 1. The number of aryl methyl sites for hydroxylation is 1. The highest BCUT2D eigenvalue weighted by Gasteiger charge is 2.28. The highest BCUT2D eigenvalue weighted by molar-refractivity contribution is 14.0. The number of fused-ring (bicyclic) bond motifs is 1. The van der Waals surface area contributed by atoms with Gasteiger partial charge < -0.3 is 25.2 Å². The van der Waals surface area contributed by atoms with Crippen LogP contribution in [-0.2, 0) is 16.0 Å². The second-order valence-electron chi connectivity index (χ2n) is 9.03. The van der Waals surface area contributed by atoms with Crippen molar-refractivity contribution in [1.82, 2.24) is 15.5 Å². The Morgan fingerprint density at radius 3 is 2.69 bits per heavy atom. The molecule has 178 valence electrons. The van der Waals surface area contributed by atoms with Gasteiger partial charge in [0, 0.05) is 31.9 Å². The van der Waals surface area contributed by atoms with Crippen molar-refractivity contribution >= 4 is 47.6 Å². The van der Waals surface area contributed by atoms with E-state index in [0.717, 1.165) is 38.0 Å². The highest BCUT2D eigenvalue weighted by Crippen LogP contribution is 2.26. The van der Waals surface area contributed by atoms with E-state index in [4.69, 9.17) is 4.74 Å². The SMILES string of the molecule is CCNC(=NCC(=O)N1CCCc2ccccc21)N1CCC(NC(=O)OC(C)(C)C)C1.I. The average Bonchev–Trinajstić information content (AvgIpc) is 3.17. The van der Waals surface area contributed by atoms with Gasteiger partial charge in [-0.3, -0.25) is 4.79 Å². The van der Waals surface area contributed by atoms with Crippen LogP contribution in [0.3, 0.4) is 0 Å². The number of carbonyl (C=O) groups excluding carboxylic acids is 2. The molecule has 0 saturated carbocycles. The maximum absolute atomic E-state index is 12.9. The van der Waals surface area contributed by atoms with E-state index >= 15 is 0 Å². The van der Waals surface area contributed by atoms with Gasteiger partial charge in [-0.05, 0) is 58.6 Å². The Balaban J connectivity index is 0.00000363. The zero-order chi connectivity index (χ0) is 22.4. The number of nitrogens with zero attached hydrogens (tertiary/aromatic N) is 3. The van der Waals surface area contributed by atoms with Gasteiger partial charge in [0.05, 0.1) is 6.04 Å². The quantitative estimate of drug-likeness (QED) is 0.338. The first kappa shape index (κ1) is 26.2. The normalized spacial score (nSPS) is 18.5. The minimum absolute atomic E-state index is 0. The Morgan fingerprint density at radius 2 is 1.97 bits per heavy atom. The second-order valence-corrected chi connectivity index (χ2v) is 9.03. The van der Waals surface area contributed by atoms with E-state index < -0.39 is 11.7 Å². The molecule has 1 aromatic rings. The first-order valence-electron chi connectivity index (χ1n) is 11.2. The molecule has 3 rings (SSSR count). The molecule has 1 saturated heterocycles. The van der Waals surface area contributed by atoms with Gasteiger partial charge >= 0.3 is 6.09 Å². The maximum atomic E-state index is 12.9. The predicted octanol–water partition coefficient (Wildman–Crippen LogP) is 3.15. The Morgan fingerprint density at radius 1 is 1.22 bits per heavy atom. The Kier molecular flexibility index (Phi) is 9.60. The fraction of sp³-hybridized carbons (Fsp3) is 0.609. The van der Waals surface area contributed by atoms with Crippen molar-refractivity contribution in [1.29, 1.82) is 0 Å². The van der Waals surface area contributed by atoms with E-state index in [-0.39, 0.29) is 42.5 Å². The third kappa shape index (κ3) is 7.25. The predicted molar refractivity (Wildman–Crippen MR) is 138 cm³/mol. The summed E-state index contributed by atoms with van der Waals surface area (Å²) in [5.74, 6) is 0.708. The van der Waals surface area contributed by atoms with Crippen LogP contribution in [0.1, 0.15) is 46.1 Å². The molecule has 32 heavy (non-hydrogen) atoms. The fourth-order valence-electron chi connectivity index (χ4n) is 3.99. The summed E-state index contributed by atoms with van der Waals surface area (Å²) >= 11 is 0. The number of aliphatic imine (C=N–C) groups is 1. The lowest BCUT2D eigenvalue weighted by atomic mass is 10.0. The summed E-state index contributed by atoms with van der Waals surface area (Å²) in [5.41, 5.74) is 1.70. The second kappa shape index (κ2) is 11.7. The molecule has 2 N–H and O–H groups in total. The number of likely N-dealkylation sites (tertiary alicyclic amines) is 1. The lowest BCUT2D eigenvalue weighted by Crippen LogP contribution is -2.45. The van der Waals surface area contributed by atoms with Crippen molar-refractivity contribution in [3.8, 4) is 0 Å². The number of hydrogen-bond acceptors (Lipinski definition) is 4. The number of anilines is 1. The van der Waals surface area contributed by atoms with Crippen LogP contribution in [0.25, 0.3) is 0 Å². The van der Waals surface area contributed by atoms with Gasteiger partial charge in [-0.2, -0.15) is 0 Å². The molecule has 8 nitrogen and oxygen atoms in total. The van der Waals surface area contributed by atoms with Crippen LogP contribution in [0.4, 0.5) is 10.5 Å². The summed E-state index contributed by atoms with van der Waals surface area (Å²) in [6.45, 7) is 10.5. The number of alkyl carbamates (subject to hydrolysis) is 1. The van der Waals surface area contributed by atoms with Gasteiger partial charge in [0.15, 0.2) is 5.96 Å². The molecule has 0 spiro atoms. The first-order chi connectivity index (χ1) is 14.8. The zero-order valence-electron chi connectivity index (χ0n) is 19.5. The monoisotopic (exact) mass is 557 g/mol. The molecule has 9 heteroatoms. The fourth-order valence-corrected chi connectivity index (χ4v) is 3.99. The zero-order valence-corrected chi connectivity index (χ0v) is 21.8. The van der Waals surface area contributed by atoms with Crippen LogP contribution < -0.4 is 15.5 Å². The van der Waals surface area contributed by atoms with Crippen LogP contribution in [0.5, 0.6) is 0 Å². The Hall–Kier alpha value is -2.04. The summed E-state index contributed by atoms with van der Waals surface area (Å²) in [4.78, 5) is 33.5. The number of nitrogens with one attached hydrogen (secondary N) is 2. The number of halogens is 1. The molecule has 1 atom stereocenters. The molecule has 2 amide bonds. The van der Waals surface area contributed by atoms with Crippen molar-refractivity contribution in [2.75, 3.05) is 37.6 Å². The van der Waals surface area contributed by atoms with Crippen LogP contribution in [0.15, 0.2) is 29.3 Å². The van der Waals surface area contributed by atoms with Crippen molar-refractivity contribution in [3.63, 3.8) is 0 Å². The Labute approximate surface area is 208 Å². The van der Waals surface area contributed by atoms with Crippen LogP contribution in [-0.4, -0.2) is 67.2 Å². The molecule has 1 unspecified atom stereocenters. The smallest absolute Gasteiger partial charge is 0.407 e. The van der Waals surface area contributed by atoms with E-state index in [0.29, 0.717) is 19.0 Å². The van der Waals surface area contributed by atoms with Gasteiger partial charge in [-0.1, -0.05) is 18.2 Å². The van der Waals surface area contributed by atoms with Crippen molar-refractivity contribution in [2.45, 2.75) is 58.6 Å². The molecule has 0 aromatic heterocycles. The number of carbonyl (C=O) groups is 2. The van der Waals surface area contributed by atoms with Crippen molar-refractivity contribution in [2.24, 2.45) is 4.99 Å². The minimum atomic E-state index is -0.522. The Bertz CT molecular complexity index is 824. The first-order valence-corrected chi connectivity index (χ1v) is 11.2. The average molecular weight is 557 g/mol. The molecule has 0 aliphatic carbocycles. The molecule has 2 heterocycles. The van der Waals surface area contributed by atoms with E-state index in [1.807, 2.05) is 50.8 Å².